The highest BCUT2D eigenvalue weighted by Crippen LogP contribution is 2.38. The number of hydrogen-bond acceptors (Lipinski definition) is 4. The summed E-state index contributed by atoms with van der Waals surface area (Å²) in [6, 6.07) is 10.1. The molecule has 3 aromatic rings. The third kappa shape index (κ3) is 3.88. The van der Waals surface area contributed by atoms with E-state index in [-0.39, 0.29) is 0 Å². The number of fused-ring (bicyclic) bond motifs is 1. The summed E-state index contributed by atoms with van der Waals surface area (Å²) in [5.74, 6) is 2.41. The first-order valence-corrected chi connectivity index (χ1v) is 9.24. The van der Waals surface area contributed by atoms with Crippen molar-refractivity contribution < 1.29 is 14.2 Å². The Bertz CT molecular complexity index is 909. The summed E-state index contributed by atoms with van der Waals surface area (Å²) < 4.78 is 16.4. The average Bonchev–Trinajstić information content (AvgIpc) is 3.06. The number of unbranched alkanes of at least 4 members (excludes halogenated alkanes) is 1. The van der Waals surface area contributed by atoms with Crippen LogP contribution in [0.25, 0.3) is 22.2 Å². The predicted molar refractivity (Wildman–Crippen MR) is 110 cm³/mol. The number of methoxy groups -OCH3 is 3. The van der Waals surface area contributed by atoms with E-state index in [0.29, 0.717) is 6.54 Å². The number of H-pyrrole nitrogens is 1. The van der Waals surface area contributed by atoms with Crippen LogP contribution in [0, 0.1) is 6.92 Å². The van der Waals surface area contributed by atoms with E-state index in [2.05, 4.69) is 24.0 Å². The van der Waals surface area contributed by atoms with Crippen molar-refractivity contribution in [3.8, 4) is 28.5 Å². The molecule has 3 rings (SSSR count). The number of nitrogens with one attached hydrogen (secondary N) is 1. The molecule has 0 saturated heterocycles. The Morgan fingerprint density at radius 2 is 1.48 bits per heavy atom. The van der Waals surface area contributed by atoms with Crippen LogP contribution in [0.3, 0.4) is 0 Å². The maximum absolute atomic E-state index is 5.71. The fourth-order valence-corrected chi connectivity index (χ4v) is 3.51. The van der Waals surface area contributed by atoms with E-state index in [1.54, 1.807) is 21.3 Å². The van der Waals surface area contributed by atoms with E-state index < -0.39 is 0 Å². The first-order chi connectivity index (χ1) is 13.1. The molecule has 5 heteroatoms. The van der Waals surface area contributed by atoms with Gasteiger partial charge in [0.15, 0.2) is 0 Å². The number of rotatable bonds is 8. The van der Waals surface area contributed by atoms with Gasteiger partial charge in [-0.05, 0) is 68.1 Å². The van der Waals surface area contributed by atoms with Crippen LogP contribution in [-0.4, -0.2) is 32.9 Å². The molecule has 0 radical (unpaired) electrons. The number of hydrogen-bond donors (Lipinski definition) is 2. The molecule has 27 heavy (non-hydrogen) atoms. The fourth-order valence-electron chi connectivity index (χ4n) is 3.51. The zero-order valence-electron chi connectivity index (χ0n) is 16.5. The molecule has 1 heterocycles. The van der Waals surface area contributed by atoms with Crippen LogP contribution in [0.4, 0.5) is 0 Å². The van der Waals surface area contributed by atoms with Gasteiger partial charge in [-0.2, -0.15) is 0 Å². The van der Waals surface area contributed by atoms with E-state index in [4.69, 9.17) is 19.9 Å². The van der Waals surface area contributed by atoms with E-state index in [1.807, 2.05) is 18.2 Å². The van der Waals surface area contributed by atoms with Gasteiger partial charge in [0.25, 0.3) is 0 Å². The van der Waals surface area contributed by atoms with E-state index in [1.165, 1.54) is 10.9 Å². The van der Waals surface area contributed by atoms with Crippen molar-refractivity contribution in [1.82, 2.24) is 4.98 Å². The van der Waals surface area contributed by atoms with Crippen LogP contribution in [0.1, 0.15) is 24.0 Å². The van der Waals surface area contributed by atoms with Gasteiger partial charge in [0.05, 0.1) is 21.3 Å². The summed E-state index contributed by atoms with van der Waals surface area (Å²) in [5, 5.41) is 1.20. The van der Waals surface area contributed by atoms with E-state index in [0.717, 1.165) is 58.8 Å². The van der Waals surface area contributed by atoms with Gasteiger partial charge in [0.2, 0.25) is 0 Å². The molecule has 0 aliphatic rings. The topological polar surface area (TPSA) is 69.5 Å². The third-order valence-electron chi connectivity index (χ3n) is 4.94. The minimum Gasteiger partial charge on any atom is -0.497 e. The highest BCUT2D eigenvalue weighted by molar-refractivity contribution is 5.94. The molecule has 0 amide bonds. The SMILES string of the molecule is COc1cc(OC)cc(-c2[nH]c3c(C)cc(OC)cc3c2CCCCN)c1. The lowest BCUT2D eigenvalue weighted by molar-refractivity contribution is 0.394. The van der Waals surface area contributed by atoms with Crippen LogP contribution >= 0.6 is 0 Å². The Hall–Kier alpha value is -2.66. The van der Waals surface area contributed by atoms with Gasteiger partial charge in [0.1, 0.15) is 17.2 Å². The maximum atomic E-state index is 5.71. The van der Waals surface area contributed by atoms with Gasteiger partial charge in [-0.25, -0.2) is 0 Å². The summed E-state index contributed by atoms with van der Waals surface area (Å²) in [7, 11) is 5.04. The molecule has 0 atom stereocenters. The number of aromatic amines is 1. The molecule has 5 nitrogen and oxygen atoms in total. The molecule has 1 aromatic heterocycles. The van der Waals surface area contributed by atoms with Crippen molar-refractivity contribution in [3.05, 3.63) is 41.5 Å². The van der Waals surface area contributed by atoms with Gasteiger partial charge >= 0.3 is 0 Å². The molecular formula is C22H28N2O3. The van der Waals surface area contributed by atoms with Gasteiger partial charge in [-0.15, -0.1) is 0 Å². The molecule has 144 valence electrons. The summed E-state index contributed by atoms with van der Waals surface area (Å²) in [4.78, 5) is 3.63. The molecule has 0 spiro atoms. The highest BCUT2D eigenvalue weighted by atomic mass is 16.5. The summed E-state index contributed by atoms with van der Waals surface area (Å²) in [5.41, 5.74) is 11.4. The predicted octanol–water partition coefficient (Wildman–Crippen LogP) is 4.45. The monoisotopic (exact) mass is 368 g/mol. The van der Waals surface area contributed by atoms with Crippen LogP contribution in [0.5, 0.6) is 17.2 Å². The molecule has 0 aliphatic heterocycles. The highest BCUT2D eigenvalue weighted by Gasteiger charge is 2.17. The van der Waals surface area contributed by atoms with Crippen molar-refractivity contribution in [2.24, 2.45) is 5.73 Å². The lowest BCUT2D eigenvalue weighted by Gasteiger charge is -2.10. The Morgan fingerprint density at radius 3 is 2.07 bits per heavy atom. The fraction of sp³-hybridized carbons (Fsp3) is 0.364. The molecule has 0 fully saturated rings. The van der Waals surface area contributed by atoms with Crippen molar-refractivity contribution >= 4 is 10.9 Å². The molecular weight excluding hydrogens is 340 g/mol. The minimum absolute atomic E-state index is 0.701. The quantitative estimate of drug-likeness (QED) is 0.576. The largest absolute Gasteiger partial charge is 0.497 e. The first kappa shape index (κ1) is 19.1. The lowest BCUT2D eigenvalue weighted by atomic mass is 9.99. The Labute approximate surface area is 160 Å². The second kappa shape index (κ2) is 8.35. The molecule has 3 N–H and O–H groups in total. The molecule has 0 bridgehead atoms. The number of aryl methyl sites for hydroxylation is 2. The van der Waals surface area contributed by atoms with Crippen molar-refractivity contribution in [2.45, 2.75) is 26.2 Å². The van der Waals surface area contributed by atoms with E-state index >= 15 is 0 Å². The van der Waals surface area contributed by atoms with Crippen LogP contribution in [-0.2, 0) is 6.42 Å². The second-order valence-corrected chi connectivity index (χ2v) is 6.69. The van der Waals surface area contributed by atoms with Crippen LogP contribution in [0.15, 0.2) is 30.3 Å². The van der Waals surface area contributed by atoms with Crippen molar-refractivity contribution in [3.63, 3.8) is 0 Å². The molecule has 0 unspecified atom stereocenters. The summed E-state index contributed by atoms with van der Waals surface area (Å²) >= 11 is 0. The number of benzene rings is 2. The Balaban J connectivity index is 2.21. The zero-order chi connectivity index (χ0) is 19.4. The third-order valence-corrected chi connectivity index (χ3v) is 4.94. The maximum Gasteiger partial charge on any atom is 0.123 e. The van der Waals surface area contributed by atoms with E-state index in [9.17, 15) is 0 Å². The smallest absolute Gasteiger partial charge is 0.123 e. The summed E-state index contributed by atoms with van der Waals surface area (Å²) in [6.07, 6.45) is 2.98. The molecule has 0 aliphatic carbocycles. The minimum atomic E-state index is 0.701. The van der Waals surface area contributed by atoms with Gasteiger partial charge < -0.3 is 24.9 Å². The van der Waals surface area contributed by atoms with Gasteiger partial charge in [-0.3, -0.25) is 0 Å². The Kier molecular flexibility index (Phi) is 5.91. The zero-order valence-corrected chi connectivity index (χ0v) is 16.5. The van der Waals surface area contributed by atoms with Gasteiger partial charge in [0, 0.05) is 28.2 Å². The molecule has 2 aromatic carbocycles. The Morgan fingerprint density at radius 1 is 0.852 bits per heavy atom. The van der Waals surface area contributed by atoms with Crippen molar-refractivity contribution in [2.75, 3.05) is 27.9 Å². The normalized spacial score (nSPS) is 11.0. The van der Waals surface area contributed by atoms with Gasteiger partial charge in [-0.1, -0.05) is 0 Å². The number of ether oxygens (including phenoxy) is 3. The summed E-state index contributed by atoms with van der Waals surface area (Å²) in [6.45, 7) is 2.80. The second-order valence-electron chi connectivity index (χ2n) is 6.69. The number of nitrogens with two attached hydrogens (primary N) is 1. The first-order valence-electron chi connectivity index (χ1n) is 9.24. The van der Waals surface area contributed by atoms with Crippen LogP contribution < -0.4 is 19.9 Å². The molecule has 0 saturated carbocycles. The number of aromatic nitrogens is 1. The standard InChI is InChI=1S/C22H28N2O3/c1-14-9-16(25-2)13-20-19(7-5-6-8-23)22(24-21(14)20)15-10-17(26-3)12-18(11-15)27-4/h9-13,24H,5-8,23H2,1-4H3. The van der Waals surface area contributed by atoms with Crippen molar-refractivity contribution in [1.29, 1.82) is 0 Å². The van der Waals surface area contributed by atoms with Crippen LogP contribution in [0.2, 0.25) is 0 Å². The average molecular weight is 368 g/mol. The lowest BCUT2D eigenvalue weighted by Crippen LogP contribution is -1.99.